The number of carbonyl (C=O) groups is 2. The lowest BCUT2D eigenvalue weighted by molar-refractivity contribution is 0.0600. The number of methoxy groups -OCH3 is 4. The molecule has 0 bridgehead atoms. The number of ether oxygens (including phenoxy) is 5. The molecule has 5 rings (SSSR count). The lowest BCUT2D eigenvalue weighted by Gasteiger charge is -2.37. The van der Waals surface area contributed by atoms with Gasteiger partial charge in [-0.25, -0.2) is 4.79 Å². The third-order valence-corrected chi connectivity index (χ3v) is 7.73. The molecule has 0 aliphatic carbocycles. The molecule has 1 heterocycles. The van der Waals surface area contributed by atoms with Gasteiger partial charge in [-0.15, -0.1) is 0 Å². The van der Waals surface area contributed by atoms with Crippen molar-refractivity contribution in [3.8, 4) is 17.2 Å². The summed E-state index contributed by atoms with van der Waals surface area (Å²) >= 11 is 0. The van der Waals surface area contributed by atoms with Crippen LogP contribution >= 0.6 is 0 Å². The number of hydrogen-bond acceptors (Lipinski definition) is 7. The standard InChI is InChI=1S/C34H32O7/c1-20-29-19-22(33(36)40-6)7-16-27(29)32-28(30(20)31(35)21(2)37-3)17-18-34(41-32,23-8-12-25(38-4)13-9-23)24-10-14-26(39-5)15-11-24/h7-19,21H,1-6H3. The molecular formula is C34H32O7. The fourth-order valence-electron chi connectivity index (χ4n) is 5.34. The van der Waals surface area contributed by atoms with Crippen molar-refractivity contribution in [2.45, 2.75) is 25.6 Å². The highest BCUT2D eigenvalue weighted by atomic mass is 16.5. The third kappa shape index (κ3) is 4.72. The predicted octanol–water partition coefficient (Wildman–Crippen LogP) is 6.52. The first-order valence-electron chi connectivity index (χ1n) is 13.2. The zero-order valence-corrected chi connectivity index (χ0v) is 23.9. The van der Waals surface area contributed by atoms with Gasteiger partial charge in [-0.2, -0.15) is 0 Å². The van der Waals surface area contributed by atoms with Crippen LogP contribution < -0.4 is 14.2 Å². The van der Waals surface area contributed by atoms with Crippen molar-refractivity contribution in [1.82, 2.24) is 0 Å². The first-order chi connectivity index (χ1) is 19.8. The lowest BCUT2D eigenvalue weighted by Crippen LogP contribution is -2.35. The third-order valence-electron chi connectivity index (χ3n) is 7.73. The van der Waals surface area contributed by atoms with Crippen molar-refractivity contribution < 1.29 is 33.3 Å². The summed E-state index contributed by atoms with van der Waals surface area (Å²) in [5.41, 5.74) is 2.94. The molecule has 1 unspecified atom stereocenters. The number of Topliss-reactive ketones (excluding diaryl/α,β-unsaturated/α-hetero) is 1. The van der Waals surface area contributed by atoms with Gasteiger partial charge in [0.05, 0.1) is 26.9 Å². The van der Waals surface area contributed by atoms with E-state index in [2.05, 4.69) is 0 Å². The van der Waals surface area contributed by atoms with E-state index in [0.29, 0.717) is 27.8 Å². The fourth-order valence-corrected chi connectivity index (χ4v) is 5.34. The van der Waals surface area contributed by atoms with Gasteiger partial charge in [0.1, 0.15) is 23.4 Å². The molecule has 4 aromatic rings. The van der Waals surface area contributed by atoms with Crippen LogP contribution in [0.25, 0.3) is 16.8 Å². The van der Waals surface area contributed by atoms with Gasteiger partial charge in [0.2, 0.25) is 0 Å². The summed E-state index contributed by atoms with van der Waals surface area (Å²) in [6.07, 6.45) is 3.24. The van der Waals surface area contributed by atoms with Crippen molar-refractivity contribution in [3.05, 3.63) is 106 Å². The highest BCUT2D eigenvalue weighted by Crippen LogP contribution is 2.48. The Balaban J connectivity index is 1.82. The monoisotopic (exact) mass is 552 g/mol. The molecule has 0 N–H and O–H groups in total. The molecule has 0 saturated heterocycles. The van der Waals surface area contributed by atoms with Gasteiger partial charge in [0, 0.05) is 34.7 Å². The van der Waals surface area contributed by atoms with Crippen molar-refractivity contribution in [2.75, 3.05) is 28.4 Å². The van der Waals surface area contributed by atoms with Gasteiger partial charge in [-0.3, -0.25) is 4.79 Å². The van der Waals surface area contributed by atoms with Crippen LogP contribution in [0.1, 0.15) is 49.9 Å². The molecule has 0 amide bonds. The van der Waals surface area contributed by atoms with E-state index in [0.717, 1.165) is 33.6 Å². The van der Waals surface area contributed by atoms with E-state index in [1.807, 2.05) is 73.7 Å². The molecule has 4 aromatic carbocycles. The zero-order chi connectivity index (χ0) is 29.3. The zero-order valence-electron chi connectivity index (χ0n) is 23.9. The fraction of sp³-hybridized carbons (Fsp3) is 0.235. The van der Waals surface area contributed by atoms with Crippen LogP contribution in [0.2, 0.25) is 0 Å². The summed E-state index contributed by atoms with van der Waals surface area (Å²) < 4.78 is 28.3. The van der Waals surface area contributed by atoms with Gasteiger partial charge in [0.15, 0.2) is 11.4 Å². The average Bonchev–Trinajstić information content (AvgIpc) is 3.03. The topological polar surface area (TPSA) is 80.3 Å². The summed E-state index contributed by atoms with van der Waals surface area (Å²) in [6, 6.07) is 20.7. The molecule has 0 spiro atoms. The molecule has 41 heavy (non-hydrogen) atoms. The van der Waals surface area contributed by atoms with Crippen LogP contribution in [-0.4, -0.2) is 46.3 Å². The number of esters is 1. The Hall–Kier alpha value is -4.62. The number of ketones is 1. The van der Waals surface area contributed by atoms with Crippen molar-refractivity contribution >= 4 is 28.6 Å². The average molecular weight is 553 g/mol. The van der Waals surface area contributed by atoms with Crippen LogP contribution in [0, 0.1) is 6.92 Å². The Morgan fingerprint density at radius 2 is 1.39 bits per heavy atom. The number of benzene rings is 4. The molecule has 1 atom stereocenters. The summed E-state index contributed by atoms with van der Waals surface area (Å²) in [5.74, 6) is 1.33. The Labute approximate surface area is 239 Å². The van der Waals surface area contributed by atoms with Gasteiger partial charge in [-0.05, 0) is 79.4 Å². The molecule has 0 aromatic heterocycles. The second kappa shape index (κ2) is 11.1. The van der Waals surface area contributed by atoms with E-state index >= 15 is 0 Å². The highest BCUT2D eigenvalue weighted by Gasteiger charge is 2.40. The van der Waals surface area contributed by atoms with Crippen molar-refractivity contribution in [2.24, 2.45) is 0 Å². The van der Waals surface area contributed by atoms with Crippen LogP contribution in [0.4, 0.5) is 0 Å². The van der Waals surface area contributed by atoms with Gasteiger partial charge in [-0.1, -0.05) is 24.3 Å². The smallest absolute Gasteiger partial charge is 0.337 e. The normalized spacial score (nSPS) is 14.1. The van der Waals surface area contributed by atoms with E-state index < -0.39 is 17.7 Å². The van der Waals surface area contributed by atoms with E-state index in [9.17, 15) is 9.59 Å². The minimum atomic E-state index is -1.04. The predicted molar refractivity (Wildman–Crippen MR) is 157 cm³/mol. The maximum Gasteiger partial charge on any atom is 0.337 e. The van der Waals surface area contributed by atoms with Crippen LogP contribution in [0.15, 0.2) is 72.8 Å². The van der Waals surface area contributed by atoms with Crippen LogP contribution in [0.3, 0.4) is 0 Å². The minimum absolute atomic E-state index is 0.179. The molecule has 7 nitrogen and oxygen atoms in total. The number of rotatable bonds is 8. The first-order valence-corrected chi connectivity index (χ1v) is 13.2. The van der Waals surface area contributed by atoms with Crippen LogP contribution in [-0.2, 0) is 15.1 Å². The molecule has 1 aliphatic rings. The second-order valence-electron chi connectivity index (χ2n) is 9.86. The molecule has 1 aliphatic heterocycles. The first kappa shape index (κ1) is 27.9. The Bertz CT molecular complexity index is 1600. The van der Waals surface area contributed by atoms with Gasteiger partial charge >= 0.3 is 5.97 Å². The minimum Gasteiger partial charge on any atom is -0.497 e. The largest absolute Gasteiger partial charge is 0.497 e. The maximum atomic E-state index is 13.7. The number of carbonyl (C=O) groups excluding carboxylic acids is 2. The van der Waals surface area contributed by atoms with E-state index in [4.69, 9.17) is 23.7 Å². The number of fused-ring (bicyclic) bond motifs is 3. The van der Waals surface area contributed by atoms with Gasteiger partial charge in [0.25, 0.3) is 0 Å². The summed E-state index contributed by atoms with van der Waals surface area (Å²) in [7, 11) is 6.09. The second-order valence-corrected chi connectivity index (χ2v) is 9.86. The molecular weight excluding hydrogens is 520 g/mol. The maximum absolute atomic E-state index is 13.7. The van der Waals surface area contributed by atoms with Gasteiger partial charge < -0.3 is 23.7 Å². The summed E-state index contributed by atoms with van der Waals surface area (Å²) in [5, 5.41) is 1.48. The number of hydrogen-bond donors (Lipinski definition) is 0. The molecule has 0 fully saturated rings. The van der Waals surface area contributed by atoms with E-state index in [1.54, 1.807) is 33.3 Å². The molecule has 0 saturated carbocycles. The van der Waals surface area contributed by atoms with Crippen LogP contribution in [0.5, 0.6) is 17.2 Å². The van der Waals surface area contributed by atoms with E-state index in [-0.39, 0.29) is 5.78 Å². The SMILES string of the molecule is COC(=O)c1ccc2c3c(c(C(=O)C(C)OC)c(C)c2c1)C=CC(c1ccc(OC)cc1)(c1ccc(OC)cc1)O3. The summed E-state index contributed by atoms with van der Waals surface area (Å²) in [4.78, 5) is 26.1. The quantitative estimate of drug-likeness (QED) is 0.182. The number of aryl methyl sites for hydroxylation is 1. The Kier molecular flexibility index (Phi) is 7.56. The van der Waals surface area contributed by atoms with E-state index in [1.165, 1.54) is 14.2 Å². The van der Waals surface area contributed by atoms with Crippen molar-refractivity contribution in [3.63, 3.8) is 0 Å². The molecule has 0 radical (unpaired) electrons. The van der Waals surface area contributed by atoms with Crippen molar-refractivity contribution in [1.29, 1.82) is 0 Å². The summed E-state index contributed by atoms with van der Waals surface area (Å²) in [6.45, 7) is 3.59. The lowest BCUT2D eigenvalue weighted by atomic mass is 9.81. The molecule has 210 valence electrons. The Morgan fingerprint density at radius 1 is 0.805 bits per heavy atom. The molecule has 7 heteroatoms. The highest BCUT2D eigenvalue weighted by molar-refractivity contribution is 6.11. The Morgan fingerprint density at radius 3 is 1.90 bits per heavy atom.